The number of aldehydes is 1. The summed E-state index contributed by atoms with van der Waals surface area (Å²) in [5.41, 5.74) is 12.8. The molecule has 398 valence electrons. The number of nitrogens with two attached hydrogens (primary N) is 1. The number of pyridine rings is 3. The van der Waals surface area contributed by atoms with Gasteiger partial charge >= 0.3 is 0 Å². The summed E-state index contributed by atoms with van der Waals surface area (Å²) in [4.78, 5) is 35.7. The summed E-state index contributed by atoms with van der Waals surface area (Å²) in [6.07, 6.45) is 12.5. The molecular formula is C64H62N4O10. The maximum Gasteiger partial charge on any atom is 0.256 e. The highest BCUT2D eigenvalue weighted by Crippen LogP contribution is 2.31. The van der Waals surface area contributed by atoms with Crippen molar-refractivity contribution in [3.8, 4) is 34.5 Å². The van der Waals surface area contributed by atoms with Crippen molar-refractivity contribution in [1.29, 1.82) is 0 Å². The third-order valence-electron chi connectivity index (χ3n) is 11.5. The predicted octanol–water partition coefficient (Wildman–Crippen LogP) is 11.9. The summed E-state index contributed by atoms with van der Waals surface area (Å²) in [6, 6.07) is 58.5. The first-order valence-corrected chi connectivity index (χ1v) is 25.3. The molecule has 0 saturated carbocycles. The van der Waals surface area contributed by atoms with Gasteiger partial charge in [-0.15, -0.1) is 0 Å². The van der Waals surface area contributed by atoms with E-state index in [-0.39, 0.29) is 12.2 Å². The van der Waals surface area contributed by atoms with Crippen LogP contribution in [0.15, 0.2) is 219 Å². The summed E-state index contributed by atoms with van der Waals surface area (Å²) < 4.78 is 39.5. The quantitative estimate of drug-likeness (QED) is 0.0649. The summed E-state index contributed by atoms with van der Waals surface area (Å²) in [6.45, 7) is 4.01. The number of rotatable bonds is 21. The number of nitrogens with zero attached hydrogens (tertiary/aromatic N) is 3. The van der Waals surface area contributed by atoms with Crippen LogP contribution in [0.3, 0.4) is 0 Å². The monoisotopic (exact) mass is 1050 g/mol. The molecule has 0 bridgehead atoms. The van der Waals surface area contributed by atoms with Crippen LogP contribution in [0.2, 0.25) is 0 Å². The molecule has 14 heteroatoms. The Bertz CT molecular complexity index is 2950. The maximum absolute atomic E-state index is 11.9. The van der Waals surface area contributed by atoms with E-state index in [1.807, 2.05) is 182 Å². The number of aliphatic hydroxyl groups excluding tert-OH is 1. The van der Waals surface area contributed by atoms with Gasteiger partial charge in [-0.05, 0) is 46.2 Å². The summed E-state index contributed by atoms with van der Waals surface area (Å²) in [5.74, 6) is 1.90. The number of aliphatic hydroxyl groups is 1. The number of carbonyl (C=O) groups is 2. The standard InChI is InChI=1S/C20H18N2O3.C20H19NO3.C20H17NO3.C4H8O/c21-20(23)19-17(24-13-15-7-3-1-4-8-15)11-22-12-18(19)25-14-16-9-5-2-6-10-16;2*22-13-18-19(23-14-16-7-3-1-4-8-16)11-21-12-20(18)24-15-17-9-5-2-6-10-17;1-2-4-5-3-1/h1-12H,13-14H2,(H2,21,23);1-12,22H,13-15H2;1-13H,14-15H2;1-4H2. The normalized spacial score (nSPS) is 11.1. The second-order valence-electron chi connectivity index (χ2n) is 17.3. The summed E-state index contributed by atoms with van der Waals surface area (Å²) >= 11 is 0. The summed E-state index contributed by atoms with van der Waals surface area (Å²) in [5, 5.41) is 9.71. The van der Waals surface area contributed by atoms with Gasteiger partial charge in [0, 0.05) is 13.2 Å². The Morgan fingerprint density at radius 2 is 0.679 bits per heavy atom. The third kappa shape index (κ3) is 18.8. The van der Waals surface area contributed by atoms with E-state index in [1.165, 1.54) is 37.6 Å². The van der Waals surface area contributed by atoms with Crippen molar-refractivity contribution in [2.75, 3.05) is 13.2 Å². The molecular weight excluding hydrogens is 985 g/mol. The van der Waals surface area contributed by atoms with Gasteiger partial charge < -0.3 is 44.0 Å². The lowest BCUT2D eigenvalue weighted by molar-refractivity contribution is 0.0990. The van der Waals surface area contributed by atoms with Crippen LogP contribution in [-0.2, 0) is 51.0 Å². The fourth-order valence-corrected chi connectivity index (χ4v) is 7.44. The SMILES string of the molecule is C1CCOC1.NC(=O)c1c(OCc2ccccc2)cncc1OCc1ccccc1.O=Cc1c(OCc2ccccc2)cncc1OCc1ccccc1.OCc1c(OCc2ccccc2)cncc1OCc1ccccc1. The molecule has 3 N–H and O–H groups in total. The van der Waals surface area contributed by atoms with Crippen LogP contribution in [0.4, 0.5) is 0 Å². The zero-order chi connectivity index (χ0) is 54.2. The van der Waals surface area contributed by atoms with E-state index in [0.29, 0.717) is 85.3 Å². The number of primary amides is 1. The van der Waals surface area contributed by atoms with Gasteiger partial charge in [-0.2, -0.15) is 0 Å². The van der Waals surface area contributed by atoms with Crippen LogP contribution in [0, 0.1) is 0 Å². The molecule has 1 amide bonds. The number of hydrogen-bond acceptors (Lipinski definition) is 13. The second kappa shape index (κ2) is 32.2. The molecule has 1 saturated heterocycles. The Morgan fingerprint density at radius 1 is 0.423 bits per heavy atom. The first-order valence-electron chi connectivity index (χ1n) is 25.3. The lowest BCUT2D eigenvalue weighted by atomic mass is 10.2. The van der Waals surface area contributed by atoms with E-state index in [0.717, 1.165) is 52.9 Å². The fourth-order valence-electron chi connectivity index (χ4n) is 7.44. The average molecular weight is 1050 g/mol. The number of ether oxygens (including phenoxy) is 7. The van der Waals surface area contributed by atoms with Crippen LogP contribution >= 0.6 is 0 Å². The molecule has 14 nitrogen and oxygen atoms in total. The molecule has 78 heavy (non-hydrogen) atoms. The van der Waals surface area contributed by atoms with E-state index < -0.39 is 5.91 Å². The Kier molecular flexibility index (Phi) is 23.2. The minimum absolute atomic E-state index is 0.170. The molecule has 1 aliphatic heterocycles. The first-order chi connectivity index (χ1) is 38.5. The molecule has 1 aliphatic rings. The van der Waals surface area contributed by atoms with E-state index >= 15 is 0 Å². The van der Waals surface area contributed by atoms with Crippen LogP contribution < -0.4 is 34.2 Å². The van der Waals surface area contributed by atoms with E-state index in [4.69, 9.17) is 38.9 Å². The minimum Gasteiger partial charge on any atom is -0.487 e. The third-order valence-corrected chi connectivity index (χ3v) is 11.5. The maximum atomic E-state index is 11.9. The molecule has 9 aromatic rings. The lowest BCUT2D eigenvalue weighted by Gasteiger charge is -2.14. The van der Waals surface area contributed by atoms with Crippen LogP contribution in [0.5, 0.6) is 34.5 Å². The zero-order valence-corrected chi connectivity index (χ0v) is 43.2. The van der Waals surface area contributed by atoms with Gasteiger partial charge in [0.2, 0.25) is 0 Å². The van der Waals surface area contributed by atoms with Crippen molar-refractivity contribution in [3.63, 3.8) is 0 Å². The van der Waals surface area contributed by atoms with Crippen molar-refractivity contribution in [1.82, 2.24) is 15.0 Å². The van der Waals surface area contributed by atoms with Crippen molar-refractivity contribution < 1.29 is 47.9 Å². The molecule has 0 atom stereocenters. The van der Waals surface area contributed by atoms with E-state index in [1.54, 1.807) is 12.4 Å². The molecule has 3 aromatic heterocycles. The number of hydrogen-bond donors (Lipinski definition) is 2. The van der Waals surface area contributed by atoms with Gasteiger partial charge in [0.05, 0.1) is 49.4 Å². The molecule has 0 aliphatic carbocycles. The smallest absolute Gasteiger partial charge is 0.256 e. The van der Waals surface area contributed by atoms with Crippen LogP contribution in [-0.4, -0.2) is 45.5 Å². The predicted molar refractivity (Wildman–Crippen MR) is 297 cm³/mol. The molecule has 0 spiro atoms. The Hall–Kier alpha value is -9.37. The Labute approximate surface area is 455 Å². The molecule has 10 rings (SSSR count). The lowest BCUT2D eigenvalue weighted by Crippen LogP contribution is -2.15. The number of aromatic nitrogens is 3. The van der Waals surface area contributed by atoms with Crippen molar-refractivity contribution in [2.24, 2.45) is 5.73 Å². The molecule has 0 unspecified atom stereocenters. The number of carbonyl (C=O) groups excluding carboxylic acids is 2. The number of benzene rings is 6. The highest BCUT2D eigenvalue weighted by Gasteiger charge is 2.18. The molecule has 0 radical (unpaired) electrons. The topological polar surface area (TPSA) is 184 Å². The Morgan fingerprint density at radius 3 is 0.923 bits per heavy atom. The molecule has 6 aromatic carbocycles. The number of amides is 1. The van der Waals surface area contributed by atoms with Gasteiger partial charge in [-0.3, -0.25) is 24.5 Å². The van der Waals surface area contributed by atoms with Gasteiger partial charge in [0.25, 0.3) is 5.91 Å². The van der Waals surface area contributed by atoms with Gasteiger partial charge in [-0.25, -0.2) is 0 Å². The van der Waals surface area contributed by atoms with Crippen LogP contribution in [0.1, 0.15) is 72.5 Å². The average Bonchev–Trinajstić information content (AvgIpc) is 4.11. The van der Waals surface area contributed by atoms with Gasteiger partial charge in [-0.1, -0.05) is 182 Å². The first kappa shape index (κ1) is 56.4. The minimum atomic E-state index is -0.617. The van der Waals surface area contributed by atoms with Gasteiger partial charge in [0.1, 0.15) is 62.3 Å². The highest BCUT2D eigenvalue weighted by atomic mass is 16.5. The highest BCUT2D eigenvalue weighted by molar-refractivity contribution is 5.98. The van der Waals surface area contributed by atoms with E-state index in [2.05, 4.69) is 15.0 Å². The van der Waals surface area contributed by atoms with Gasteiger partial charge in [0.15, 0.2) is 29.3 Å². The van der Waals surface area contributed by atoms with Crippen molar-refractivity contribution >= 4 is 12.2 Å². The van der Waals surface area contributed by atoms with E-state index in [9.17, 15) is 14.7 Å². The Balaban J connectivity index is 0.000000162. The van der Waals surface area contributed by atoms with Crippen molar-refractivity contribution in [3.05, 3.63) is 269 Å². The molecule has 1 fully saturated rings. The second-order valence-corrected chi connectivity index (χ2v) is 17.3. The fraction of sp³-hybridized carbons (Fsp3) is 0.172. The zero-order valence-electron chi connectivity index (χ0n) is 43.2. The summed E-state index contributed by atoms with van der Waals surface area (Å²) in [7, 11) is 0. The molecule has 4 heterocycles. The largest absolute Gasteiger partial charge is 0.487 e. The van der Waals surface area contributed by atoms with Crippen molar-refractivity contribution in [2.45, 2.75) is 59.1 Å². The van der Waals surface area contributed by atoms with Crippen LogP contribution in [0.25, 0.3) is 0 Å².